The number of hydrogen-bond acceptors (Lipinski definition) is 2. The van der Waals surface area contributed by atoms with Gasteiger partial charge in [0, 0.05) is 6.08 Å². The van der Waals surface area contributed by atoms with Crippen LogP contribution in [-0.2, 0) is 4.79 Å². The van der Waals surface area contributed by atoms with E-state index in [0.29, 0.717) is 12.2 Å². The van der Waals surface area contributed by atoms with Crippen molar-refractivity contribution in [3.05, 3.63) is 12.2 Å². The van der Waals surface area contributed by atoms with Gasteiger partial charge in [-0.3, -0.25) is 4.79 Å². The molecule has 0 amide bonds. The molecule has 1 unspecified atom stereocenters. The summed E-state index contributed by atoms with van der Waals surface area (Å²) in [6.07, 6.45) is 0.962. The van der Waals surface area contributed by atoms with Crippen molar-refractivity contribution < 1.29 is 18.0 Å². The number of rotatable bonds is 1. The minimum atomic E-state index is -3.37. The van der Waals surface area contributed by atoms with E-state index in [1.807, 2.05) is 0 Å². The highest BCUT2D eigenvalue weighted by molar-refractivity contribution is 5.87. The number of carbonyl (C=O) groups is 1. The lowest BCUT2D eigenvalue weighted by atomic mass is 10.2. The van der Waals surface area contributed by atoms with Crippen LogP contribution in [0.15, 0.2) is 12.2 Å². The fourth-order valence-electron chi connectivity index (χ4n) is 1.00. The predicted octanol–water partition coefficient (Wildman–Crippen LogP) is 1.34. The number of carbonyl (C=O) groups excluding carboxylic acids is 1. The van der Waals surface area contributed by atoms with Gasteiger partial charge in [-0.15, -0.1) is 0 Å². The summed E-state index contributed by atoms with van der Waals surface area (Å²) < 4.78 is 38.6. The second-order valence-electron chi connectivity index (χ2n) is 2.71. The first-order valence-corrected chi connectivity index (χ1v) is 3.33. The van der Waals surface area contributed by atoms with E-state index in [9.17, 15) is 18.0 Å². The Kier molecular flexibility index (Phi) is 1.79. The lowest BCUT2D eigenvalue weighted by molar-refractivity contribution is -0.166. The average Bonchev–Trinajstić information content (AvgIpc) is 2.15. The molecule has 12 heavy (non-hydrogen) atoms. The molecule has 1 aliphatic rings. The van der Waals surface area contributed by atoms with Gasteiger partial charge in [0.1, 0.15) is 0 Å². The van der Waals surface area contributed by atoms with Crippen LogP contribution in [0.5, 0.6) is 0 Å². The molecule has 68 valence electrons. The lowest BCUT2D eigenvalue weighted by Crippen LogP contribution is -2.49. The van der Waals surface area contributed by atoms with Crippen molar-refractivity contribution in [1.82, 2.24) is 4.90 Å². The Labute approximate surface area is 67.7 Å². The van der Waals surface area contributed by atoms with Gasteiger partial charge < -0.3 is 0 Å². The Morgan fingerprint density at radius 3 is 2.00 bits per heavy atom. The van der Waals surface area contributed by atoms with Crippen LogP contribution < -0.4 is 0 Å². The van der Waals surface area contributed by atoms with Crippen molar-refractivity contribution in [3.8, 4) is 0 Å². The molecule has 0 radical (unpaired) electrons. The third-order valence-electron chi connectivity index (χ3n) is 1.93. The third kappa shape index (κ3) is 1.04. The third-order valence-corrected chi connectivity index (χ3v) is 1.93. The molecule has 5 heteroatoms. The number of hydrogen-bond donors (Lipinski definition) is 0. The number of likely N-dealkylation sites (N-methyl/N-ethyl adjacent to an activating group) is 1. The van der Waals surface area contributed by atoms with Crippen LogP contribution in [0.4, 0.5) is 13.2 Å². The van der Waals surface area contributed by atoms with Gasteiger partial charge in [0.25, 0.3) is 0 Å². The minimum absolute atomic E-state index is 0.0995. The van der Waals surface area contributed by atoms with Gasteiger partial charge in [-0.2, -0.15) is 8.78 Å². The van der Waals surface area contributed by atoms with E-state index in [0.717, 1.165) is 14.0 Å². The topological polar surface area (TPSA) is 20.3 Å². The summed E-state index contributed by atoms with van der Waals surface area (Å²) >= 11 is 0. The molecular formula is C7H8F3NO. The number of halogens is 3. The van der Waals surface area contributed by atoms with E-state index in [1.54, 1.807) is 0 Å². The summed E-state index contributed by atoms with van der Waals surface area (Å²) in [5.41, 5.74) is 0. The highest BCUT2D eigenvalue weighted by Crippen LogP contribution is 2.37. The summed E-state index contributed by atoms with van der Waals surface area (Å²) in [6, 6.07) is -3.37. The second kappa shape index (κ2) is 2.32. The molecule has 0 N–H and O–H groups in total. The Morgan fingerprint density at radius 1 is 1.33 bits per heavy atom. The van der Waals surface area contributed by atoms with E-state index < -0.39 is 17.6 Å². The fraction of sp³-hybridized carbons (Fsp3) is 0.571. The maximum absolute atomic E-state index is 13.3. The van der Waals surface area contributed by atoms with Crippen molar-refractivity contribution in [2.75, 3.05) is 7.05 Å². The Hall–Kier alpha value is -0.840. The second-order valence-corrected chi connectivity index (χ2v) is 2.71. The molecule has 1 atom stereocenters. The number of ketones is 1. The van der Waals surface area contributed by atoms with Gasteiger partial charge in [-0.1, -0.05) is 0 Å². The van der Waals surface area contributed by atoms with Gasteiger partial charge >= 0.3 is 6.05 Å². The zero-order valence-corrected chi connectivity index (χ0v) is 6.64. The van der Waals surface area contributed by atoms with E-state index in [1.165, 1.54) is 0 Å². The van der Waals surface area contributed by atoms with Crippen molar-refractivity contribution >= 4 is 5.78 Å². The average molecular weight is 179 g/mol. The smallest absolute Gasteiger partial charge is 0.294 e. The largest absolute Gasteiger partial charge is 0.327 e. The van der Waals surface area contributed by atoms with E-state index in [2.05, 4.69) is 0 Å². The van der Waals surface area contributed by atoms with Crippen LogP contribution in [-0.4, -0.2) is 29.6 Å². The van der Waals surface area contributed by atoms with E-state index in [-0.39, 0.29) is 4.90 Å². The summed E-state index contributed by atoms with van der Waals surface area (Å²) in [6.45, 7) is 0.933. The van der Waals surface area contributed by atoms with Crippen molar-refractivity contribution in [2.24, 2.45) is 0 Å². The Morgan fingerprint density at radius 2 is 1.83 bits per heavy atom. The highest BCUT2D eigenvalue weighted by Gasteiger charge is 2.53. The Balaban J connectivity index is 3.02. The summed E-state index contributed by atoms with van der Waals surface area (Å²) in [4.78, 5) is 10.8. The summed E-state index contributed by atoms with van der Waals surface area (Å²) in [7, 11) is 0.862. The number of nitrogens with zero attached hydrogens (tertiary/aromatic N) is 1. The van der Waals surface area contributed by atoms with E-state index >= 15 is 0 Å². The first-order chi connectivity index (χ1) is 5.31. The summed E-state index contributed by atoms with van der Waals surface area (Å²) in [5, 5.41) is 0. The molecule has 0 aliphatic carbocycles. The van der Waals surface area contributed by atoms with Crippen molar-refractivity contribution in [3.63, 3.8) is 0 Å². The van der Waals surface area contributed by atoms with Crippen LogP contribution >= 0.6 is 0 Å². The Bertz CT molecular complexity index is 251. The number of alkyl halides is 3. The quantitative estimate of drug-likeness (QED) is 0.447. The molecule has 0 saturated carbocycles. The van der Waals surface area contributed by atoms with Crippen molar-refractivity contribution in [1.29, 1.82) is 0 Å². The molecule has 1 heterocycles. The monoisotopic (exact) mass is 179 g/mol. The molecule has 0 saturated heterocycles. The van der Waals surface area contributed by atoms with Crippen LogP contribution in [0, 0.1) is 0 Å². The molecule has 0 aromatic heterocycles. The summed E-state index contributed by atoms with van der Waals surface area (Å²) in [5.74, 6) is -3.60. The minimum Gasteiger partial charge on any atom is -0.294 e. The zero-order chi connectivity index (χ0) is 9.57. The molecule has 0 fully saturated rings. The molecular weight excluding hydrogens is 171 g/mol. The first-order valence-electron chi connectivity index (χ1n) is 3.33. The lowest BCUT2D eigenvalue weighted by Gasteiger charge is -2.28. The maximum Gasteiger partial charge on any atom is 0.327 e. The van der Waals surface area contributed by atoms with Crippen LogP contribution in [0.1, 0.15) is 6.92 Å². The molecule has 1 aliphatic heterocycles. The first kappa shape index (κ1) is 9.25. The highest BCUT2D eigenvalue weighted by atomic mass is 19.3. The predicted molar refractivity (Wildman–Crippen MR) is 36.4 cm³/mol. The van der Waals surface area contributed by atoms with Gasteiger partial charge in [0.2, 0.25) is 5.79 Å². The molecule has 2 nitrogen and oxygen atoms in total. The molecule has 0 spiro atoms. The van der Waals surface area contributed by atoms with Crippen LogP contribution in [0.2, 0.25) is 0 Å². The van der Waals surface area contributed by atoms with Crippen molar-refractivity contribution in [2.45, 2.75) is 18.8 Å². The maximum atomic E-state index is 13.3. The van der Waals surface area contributed by atoms with Crippen LogP contribution in [0.3, 0.4) is 0 Å². The fourth-order valence-corrected chi connectivity index (χ4v) is 1.00. The SMILES string of the molecule is CC(=O)C1(F)C=CC(F)(F)N1C. The standard InChI is InChI=1S/C7H8F3NO/c1-5(12)6(8)3-4-7(9,10)11(6)2/h3-4H,1-2H3. The molecule has 0 bridgehead atoms. The molecule has 0 aromatic rings. The van der Waals surface area contributed by atoms with Gasteiger partial charge in [0.05, 0.1) is 0 Å². The molecule has 0 aromatic carbocycles. The van der Waals surface area contributed by atoms with Crippen LogP contribution in [0.25, 0.3) is 0 Å². The van der Waals surface area contributed by atoms with E-state index in [4.69, 9.17) is 0 Å². The van der Waals surface area contributed by atoms with Gasteiger partial charge in [-0.05, 0) is 20.0 Å². The zero-order valence-electron chi connectivity index (χ0n) is 6.64. The molecule has 1 rings (SSSR count). The number of Topliss-reactive ketones (excluding diaryl/α,β-unsaturated/α-hetero) is 1. The van der Waals surface area contributed by atoms with Gasteiger partial charge in [-0.25, -0.2) is 9.29 Å². The van der Waals surface area contributed by atoms with Gasteiger partial charge in [0.15, 0.2) is 5.78 Å². The normalized spacial score (nSPS) is 34.1.